The van der Waals surface area contributed by atoms with Gasteiger partial charge in [-0.2, -0.15) is 5.26 Å². The Labute approximate surface area is 143 Å². The van der Waals surface area contributed by atoms with E-state index in [0.29, 0.717) is 12.0 Å². The van der Waals surface area contributed by atoms with Gasteiger partial charge in [-0.15, -0.1) is 11.8 Å². The fourth-order valence-corrected chi connectivity index (χ4v) is 3.80. The lowest BCUT2D eigenvalue weighted by Gasteiger charge is -2.25. The normalized spacial score (nSPS) is 17.8. The first-order valence-corrected chi connectivity index (χ1v) is 9.27. The van der Waals surface area contributed by atoms with Crippen molar-refractivity contribution >= 4 is 17.7 Å². The van der Waals surface area contributed by atoms with E-state index in [-0.39, 0.29) is 11.8 Å². The average Bonchev–Trinajstić information content (AvgIpc) is 2.55. The van der Waals surface area contributed by atoms with Gasteiger partial charge in [-0.3, -0.25) is 4.79 Å². The van der Waals surface area contributed by atoms with Crippen LogP contribution in [-0.2, 0) is 4.79 Å². The Morgan fingerprint density at radius 1 is 1.26 bits per heavy atom. The summed E-state index contributed by atoms with van der Waals surface area (Å²) >= 11 is 1.61. The van der Waals surface area contributed by atoms with Gasteiger partial charge in [0, 0.05) is 12.3 Å². The SMILES string of the molecule is CCCCCCSC1=C(C#N)C(c2ccc(C)cc2)CC(=O)N1. The number of thioether (sulfide) groups is 1. The van der Waals surface area contributed by atoms with Crippen LogP contribution < -0.4 is 5.32 Å². The van der Waals surface area contributed by atoms with E-state index in [1.54, 1.807) is 11.8 Å². The largest absolute Gasteiger partial charge is 0.320 e. The molecule has 0 bridgehead atoms. The Morgan fingerprint density at radius 2 is 2.00 bits per heavy atom. The number of nitrogens with zero attached hydrogens (tertiary/aromatic N) is 1. The smallest absolute Gasteiger partial charge is 0.225 e. The van der Waals surface area contributed by atoms with Gasteiger partial charge in [-0.1, -0.05) is 56.0 Å². The van der Waals surface area contributed by atoms with Crippen molar-refractivity contribution in [2.75, 3.05) is 5.75 Å². The number of rotatable bonds is 7. The van der Waals surface area contributed by atoms with Gasteiger partial charge in [0.25, 0.3) is 0 Å². The summed E-state index contributed by atoms with van der Waals surface area (Å²) in [6.45, 7) is 4.23. The summed E-state index contributed by atoms with van der Waals surface area (Å²) in [7, 11) is 0. The van der Waals surface area contributed by atoms with Crippen molar-refractivity contribution < 1.29 is 4.79 Å². The molecule has 1 N–H and O–H groups in total. The Balaban J connectivity index is 2.14. The highest BCUT2D eigenvalue weighted by Crippen LogP contribution is 2.36. The second kappa shape index (κ2) is 8.79. The molecule has 1 aliphatic heterocycles. The van der Waals surface area contributed by atoms with Crippen LogP contribution in [0.4, 0.5) is 0 Å². The number of carbonyl (C=O) groups is 1. The molecule has 4 heteroatoms. The highest BCUT2D eigenvalue weighted by atomic mass is 32.2. The zero-order valence-electron chi connectivity index (χ0n) is 13.9. The number of hydrogen-bond acceptors (Lipinski definition) is 3. The van der Waals surface area contributed by atoms with Crippen LogP contribution in [0.1, 0.15) is 56.1 Å². The molecule has 3 nitrogen and oxygen atoms in total. The van der Waals surface area contributed by atoms with Crippen LogP contribution >= 0.6 is 11.8 Å². The molecule has 2 rings (SSSR count). The summed E-state index contributed by atoms with van der Waals surface area (Å²) in [5, 5.41) is 13.3. The summed E-state index contributed by atoms with van der Waals surface area (Å²) in [4.78, 5) is 12.1. The molecule has 0 fully saturated rings. The van der Waals surface area contributed by atoms with Crippen molar-refractivity contribution in [2.45, 2.75) is 51.9 Å². The van der Waals surface area contributed by atoms with E-state index >= 15 is 0 Å². The lowest BCUT2D eigenvalue weighted by Crippen LogP contribution is -2.30. The van der Waals surface area contributed by atoms with Gasteiger partial charge in [0.05, 0.1) is 16.7 Å². The van der Waals surface area contributed by atoms with Gasteiger partial charge < -0.3 is 5.32 Å². The monoisotopic (exact) mass is 328 g/mol. The molecular weight excluding hydrogens is 304 g/mol. The Morgan fingerprint density at radius 3 is 2.65 bits per heavy atom. The molecular formula is C19H24N2OS. The summed E-state index contributed by atoms with van der Waals surface area (Å²) < 4.78 is 0. The fraction of sp³-hybridized carbons (Fsp3) is 0.474. The summed E-state index contributed by atoms with van der Waals surface area (Å²) in [5.74, 6) is 0.833. The summed E-state index contributed by atoms with van der Waals surface area (Å²) in [5.41, 5.74) is 2.93. The molecule has 1 aromatic carbocycles. The third-order valence-electron chi connectivity index (χ3n) is 4.08. The molecule has 23 heavy (non-hydrogen) atoms. The molecule has 0 spiro atoms. The first-order valence-electron chi connectivity index (χ1n) is 8.29. The molecule has 1 amide bonds. The molecule has 0 saturated carbocycles. The lowest BCUT2D eigenvalue weighted by molar-refractivity contribution is -0.120. The first-order chi connectivity index (χ1) is 11.2. The minimum atomic E-state index is -0.118. The maximum atomic E-state index is 12.1. The molecule has 0 aliphatic carbocycles. The number of hydrogen-bond donors (Lipinski definition) is 1. The molecule has 0 radical (unpaired) electrons. The predicted octanol–water partition coefficient (Wildman–Crippen LogP) is 4.65. The predicted molar refractivity (Wildman–Crippen MR) is 95.9 cm³/mol. The summed E-state index contributed by atoms with van der Waals surface area (Å²) in [6.07, 6.45) is 5.12. The van der Waals surface area contributed by atoms with E-state index in [9.17, 15) is 10.1 Å². The maximum Gasteiger partial charge on any atom is 0.225 e. The van der Waals surface area contributed by atoms with Crippen molar-refractivity contribution in [3.63, 3.8) is 0 Å². The number of amides is 1. The molecule has 1 unspecified atom stereocenters. The molecule has 1 heterocycles. The van der Waals surface area contributed by atoms with Crippen molar-refractivity contribution in [3.05, 3.63) is 46.0 Å². The number of nitriles is 1. The van der Waals surface area contributed by atoms with Crippen LogP contribution in [0.3, 0.4) is 0 Å². The van der Waals surface area contributed by atoms with Crippen LogP contribution in [0.2, 0.25) is 0 Å². The van der Waals surface area contributed by atoms with E-state index < -0.39 is 0 Å². The molecule has 0 aromatic heterocycles. The standard InChI is InChI=1S/C19H24N2OS/c1-3-4-5-6-11-23-19-17(13-20)16(12-18(22)21-19)15-9-7-14(2)8-10-15/h7-10,16H,3-6,11-12H2,1-2H3,(H,21,22). The Kier molecular flexibility index (Phi) is 6.73. The third-order valence-corrected chi connectivity index (χ3v) is 5.18. The van der Waals surface area contributed by atoms with Crippen LogP contribution in [0.25, 0.3) is 0 Å². The van der Waals surface area contributed by atoms with Crippen molar-refractivity contribution in [1.82, 2.24) is 5.32 Å². The Hall–Kier alpha value is -1.73. The molecule has 122 valence electrons. The van der Waals surface area contributed by atoms with E-state index in [1.807, 2.05) is 31.2 Å². The average molecular weight is 328 g/mol. The minimum Gasteiger partial charge on any atom is -0.320 e. The molecule has 1 aliphatic rings. The number of unbranched alkanes of at least 4 members (excludes halogenated alkanes) is 3. The number of allylic oxidation sites excluding steroid dienone is 1. The van der Waals surface area contributed by atoms with Gasteiger partial charge in [0.2, 0.25) is 5.91 Å². The molecule has 1 atom stereocenters. The van der Waals surface area contributed by atoms with Crippen LogP contribution in [0.15, 0.2) is 34.9 Å². The quantitative estimate of drug-likeness (QED) is 0.741. The second-order valence-electron chi connectivity index (χ2n) is 5.98. The van der Waals surface area contributed by atoms with Crippen molar-refractivity contribution in [3.8, 4) is 6.07 Å². The van der Waals surface area contributed by atoms with Crippen molar-refractivity contribution in [1.29, 1.82) is 5.26 Å². The first kappa shape index (κ1) is 17.6. The number of aryl methyl sites for hydroxylation is 1. The third kappa shape index (κ3) is 4.87. The highest BCUT2D eigenvalue weighted by Gasteiger charge is 2.29. The fourth-order valence-electron chi connectivity index (χ4n) is 2.72. The topological polar surface area (TPSA) is 52.9 Å². The second-order valence-corrected chi connectivity index (χ2v) is 7.08. The van der Waals surface area contributed by atoms with E-state index in [1.165, 1.54) is 24.8 Å². The molecule has 1 aromatic rings. The van der Waals surface area contributed by atoms with Crippen LogP contribution in [0.5, 0.6) is 0 Å². The maximum absolute atomic E-state index is 12.1. The van der Waals surface area contributed by atoms with Crippen LogP contribution in [-0.4, -0.2) is 11.7 Å². The van der Waals surface area contributed by atoms with Crippen molar-refractivity contribution in [2.24, 2.45) is 0 Å². The van der Waals surface area contributed by atoms with Gasteiger partial charge >= 0.3 is 0 Å². The Bertz CT molecular complexity index is 613. The molecule has 0 saturated heterocycles. The zero-order chi connectivity index (χ0) is 16.7. The van der Waals surface area contributed by atoms with Gasteiger partial charge in [0.15, 0.2) is 0 Å². The van der Waals surface area contributed by atoms with E-state index in [0.717, 1.165) is 22.8 Å². The number of nitrogens with one attached hydrogen (secondary N) is 1. The van der Waals surface area contributed by atoms with E-state index in [2.05, 4.69) is 18.3 Å². The highest BCUT2D eigenvalue weighted by molar-refractivity contribution is 8.03. The zero-order valence-corrected chi connectivity index (χ0v) is 14.7. The number of carbonyl (C=O) groups excluding carboxylic acids is 1. The van der Waals surface area contributed by atoms with E-state index in [4.69, 9.17) is 0 Å². The summed E-state index contributed by atoms with van der Waals surface area (Å²) in [6, 6.07) is 10.5. The van der Waals surface area contributed by atoms with Crippen LogP contribution in [0, 0.1) is 18.3 Å². The minimum absolute atomic E-state index is 0.00522. The lowest BCUT2D eigenvalue weighted by atomic mass is 9.87. The number of benzene rings is 1. The van der Waals surface area contributed by atoms with Gasteiger partial charge in [0.1, 0.15) is 0 Å². The van der Waals surface area contributed by atoms with Gasteiger partial charge in [-0.05, 0) is 24.7 Å². The van der Waals surface area contributed by atoms with Gasteiger partial charge in [-0.25, -0.2) is 0 Å².